The lowest BCUT2D eigenvalue weighted by Gasteiger charge is -2.21. The van der Waals surface area contributed by atoms with Crippen molar-refractivity contribution in [3.8, 4) is 5.75 Å². The van der Waals surface area contributed by atoms with E-state index in [4.69, 9.17) is 9.26 Å². The Morgan fingerprint density at radius 1 is 1.12 bits per heavy atom. The average molecular weight is 455 g/mol. The van der Waals surface area contributed by atoms with E-state index in [1.807, 2.05) is 24.3 Å². The first kappa shape index (κ1) is 22.4. The van der Waals surface area contributed by atoms with Crippen molar-refractivity contribution in [3.63, 3.8) is 0 Å². The lowest BCUT2D eigenvalue weighted by molar-refractivity contribution is 0.0711. The Kier molecular flexibility index (Phi) is 6.67. The molecule has 1 aliphatic carbocycles. The highest BCUT2D eigenvalue weighted by atomic mass is 19.1. The van der Waals surface area contributed by atoms with Crippen LogP contribution in [-0.4, -0.2) is 41.6 Å². The summed E-state index contributed by atoms with van der Waals surface area (Å²) >= 11 is 0. The number of halogens is 2. The first-order valence-corrected chi connectivity index (χ1v) is 10.6. The number of ether oxygens (including phenoxy) is 1. The van der Waals surface area contributed by atoms with Gasteiger partial charge in [-0.05, 0) is 49.1 Å². The van der Waals surface area contributed by atoms with Crippen molar-refractivity contribution in [1.29, 1.82) is 0 Å². The molecule has 1 fully saturated rings. The molecule has 33 heavy (non-hydrogen) atoms. The summed E-state index contributed by atoms with van der Waals surface area (Å²) in [6.45, 7) is 0.457. The van der Waals surface area contributed by atoms with Gasteiger partial charge in [0, 0.05) is 30.3 Å². The Balaban J connectivity index is 1.35. The van der Waals surface area contributed by atoms with E-state index in [1.54, 1.807) is 7.11 Å². The number of aromatic nitrogens is 1. The van der Waals surface area contributed by atoms with Crippen LogP contribution in [0.1, 0.15) is 45.0 Å². The number of hydrogen-bond donors (Lipinski definition) is 1. The third kappa shape index (κ3) is 5.74. The van der Waals surface area contributed by atoms with Gasteiger partial charge >= 0.3 is 0 Å². The highest BCUT2D eigenvalue weighted by molar-refractivity contribution is 5.95. The van der Waals surface area contributed by atoms with E-state index < -0.39 is 23.4 Å². The van der Waals surface area contributed by atoms with Gasteiger partial charge in [0.25, 0.3) is 11.8 Å². The van der Waals surface area contributed by atoms with Crippen LogP contribution in [-0.2, 0) is 13.0 Å². The fourth-order valence-corrected chi connectivity index (χ4v) is 3.46. The summed E-state index contributed by atoms with van der Waals surface area (Å²) in [7, 11) is 1.60. The van der Waals surface area contributed by atoms with Gasteiger partial charge in [-0.25, -0.2) is 8.78 Å². The van der Waals surface area contributed by atoms with Crippen LogP contribution in [0.2, 0.25) is 0 Å². The van der Waals surface area contributed by atoms with E-state index >= 15 is 0 Å². The van der Waals surface area contributed by atoms with Gasteiger partial charge in [0.2, 0.25) is 0 Å². The molecule has 1 saturated carbocycles. The first-order valence-electron chi connectivity index (χ1n) is 10.6. The molecule has 0 unspecified atom stereocenters. The molecule has 7 nitrogen and oxygen atoms in total. The number of methoxy groups -OCH3 is 1. The van der Waals surface area contributed by atoms with Crippen molar-refractivity contribution >= 4 is 11.8 Å². The molecule has 4 rings (SSSR count). The number of rotatable bonds is 9. The first-order chi connectivity index (χ1) is 15.9. The lowest BCUT2D eigenvalue weighted by atomic mass is 10.1. The number of amides is 2. The second-order valence-electron chi connectivity index (χ2n) is 7.85. The molecule has 2 aromatic carbocycles. The standard InChI is InChI=1S/C24H23F2N3O4/c1-32-20-6-2-15(3-7-20)8-9-27-23(30)22-13-21(33-28-22)14-29(19-4-5-19)24(31)16-10-17(25)12-18(26)11-16/h2-3,6-7,10-13,19H,4-5,8-9,14H2,1H3,(H,27,30). The maximum atomic E-state index is 13.5. The van der Waals surface area contributed by atoms with Crippen LogP contribution in [0.5, 0.6) is 5.75 Å². The van der Waals surface area contributed by atoms with Crippen molar-refractivity contribution in [2.24, 2.45) is 0 Å². The van der Waals surface area contributed by atoms with Crippen LogP contribution >= 0.6 is 0 Å². The normalized spacial score (nSPS) is 12.9. The van der Waals surface area contributed by atoms with Crippen LogP contribution in [0.25, 0.3) is 0 Å². The minimum atomic E-state index is -0.817. The molecular formula is C24H23F2N3O4. The molecule has 0 atom stereocenters. The van der Waals surface area contributed by atoms with Gasteiger partial charge in [-0.3, -0.25) is 9.59 Å². The van der Waals surface area contributed by atoms with Crippen LogP contribution in [0.4, 0.5) is 8.78 Å². The SMILES string of the molecule is COc1ccc(CCNC(=O)c2cc(CN(C(=O)c3cc(F)cc(F)c3)C3CC3)on2)cc1. The van der Waals surface area contributed by atoms with Crippen LogP contribution in [0, 0.1) is 11.6 Å². The quantitative estimate of drug-likeness (QED) is 0.531. The second kappa shape index (κ2) is 9.81. The molecule has 0 aliphatic heterocycles. The van der Waals surface area contributed by atoms with Gasteiger partial charge in [-0.2, -0.15) is 0 Å². The number of benzene rings is 2. The molecular weight excluding hydrogens is 432 g/mol. The Morgan fingerprint density at radius 3 is 2.45 bits per heavy atom. The van der Waals surface area contributed by atoms with E-state index in [9.17, 15) is 18.4 Å². The maximum absolute atomic E-state index is 13.5. The average Bonchev–Trinajstić information content (AvgIpc) is 3.54. The Hall–Kier alpha value is -3.75. The van der Waals surface area contributed by atoms with Crippen molar-refractivity contribution < 1.29 is 27.6 Å². The van der Waals surface area contributed by atoms with Gasteiger partial charge in [-0.1, -0.05) is 17.3 Å². The summed E-state index contributed by atoms with van der Waals surface area (Å²) in [5.74, 6) is -1.45. The minimum absolute atomic E-state index is 0.0456. The van der Waals surface area contributed by atoms with Crippen LogP contribution < -0.4 is 10.1 Å². The van der Waals surface area contributed by atoms with Gasteiger partial charge in [0.1, 0.15) is 17.4 Å². The Morgan fingerprint density at radius 2 is 1.82 bits per heavy atom. The van der Waals surface area contributed by atoms with E-state index in [2.05, 4.69) is 10.5 Å². The zero-order chi connectivity index (χ0) is 23.4. The van der Waals surface area contributed by atoms with E-state index in [0.29, 0.717) is 24.8 Å². The second-order valence-corrected chi connectivity index (χ2v) is 7.85. The predicted octanol–water partition coefficient (Wildman–Crippen LogP) is 3.74. The molecule has 0 bridgehead atoms. The summed E-state index contributed by atoms with van der Waals surface area (Å²) in [4.78, 5) is 26.7. The van der Waals surface area contributed by atoms with Gasteiger partial charge in [-0.15, -0.1) is 0 Å². The van der Waals surface area contributed by atoms with Crippen molar-refractivity contribution in [1.82, 2.24) is 15.4 Å². The molecule has 1 aliphatic rings. The molecule has 0 spiro atoms. The number of hydrogen-bond acceptors (Lipinski definition) is 5. The molecule has 1 N–H and O–H groups in total. The molecule has 9 heteroatoms. The number of nitrogens with zero attached hydrogens (tertiary/aromatic N) is 2. The summed E-state index contributed by atoms with van der Waals surface area (Å²) in [6, 6.07) is 11.7. The highest BCUT2D eigenvalue weighted by Crippen LogP contribution is 2.30. The third-order valence-electron chi connectivity index (χ3n) is 5.33. The summed E-state index contributed by atoms with van der Waals surface area (Å²) < 4.78 is 37.5. The minimum Gasteiger partial charge on any atom is -0.497 e. The van der Waals surface area contributed by atoms with E-state index in [1.165, 1.54) is 11.0 Å². The molecule has 3 aromatic rings. The van der Waals surface area contributed by atoms with Crippen molar-refractivity contribution in [3.05, 3.63) is 82.7 Å². The fourth-order valence-electron chi connectivity index (χ4n) is 3.46. The monoisotopic (exact) mass is 455 g/mol. The zero-order valence-corrected chi connectivity index (χ0v) is 18.0. The van der Waals surface area contributed by atoms with Gasteiger partial charge < -0.3 is 19.5 Å². The predicted molar refractivity (Wildman–Crippen MR) is 115 cm³/mol. The fraction of sp³-hybridized carbons (Fsp3) is 0.292. The van der Waals surface area contributed by atoms with Crippen molar-refractivity contribution in [2.45, 2.75) is 31.8 Å². The molecule has 1 aromatic heterocycles. The topological polar surface area (TPSA) is 84.7 Å². The smallest absolute Gasteiger partial charge is 0.273 e. The van der Waals surface area contributed by atoms with Crippen LogP contribution in [0.3, 0.4) is 0 Å². The Labute approximate surface area is 189 Å². The molecule has 0 saturated heterocycles. The summed E-state index contributed by atoms with van der Waals surface area (Å²) in [5, 5.41) is 6.58. The molecule has 1 heterocycles. The van der Waals surface area contributed by atoms with Crippen molar-refractivity contribution in [2.75, 3.05) is 13.7 Å². The number of carbonyl (C=O) groups excluding carboxylic acids is 2. The van der Waals surface area contributed by atoms with E-state index in [-0.39, 0.29) is 23.8 Å². The third-order valence-corrected chi connectivity index (χ3v) is 5.33. The van der Waals surface area contributed by atoms with Gasteiger partial charge in [0.05, 0.1) is 13.7 Å². The van der Waals surface area contributed by atoms with E-state index in [0.717, 1.165) is 36.3 Å². The molecule has 0 radical (unpaired) electrons. The van der Waals surface area contributed by atoms with Gasteiger partial charge in [0.15, 0.2) is 11.5 Å². The molecule has 172 valence electrons. The molecule has 2 amide bonds. The summed E-state index contributed by atoms with van der Waals surface area (Å²) in [5.41, 5.74) is 1.07. The number of nitrogens with one attached hydrogen (secondary N) is 1. The summed E-state index contributed by atoms with van der Waals surface area (Å²) in [6.07, 6.45) is 2.21. The van der Waals surface area contributed by atoms with Crippen LogP contribution in [0.15, 0.2) is 53.1 Å². The largest absolute Gasteiger partial charge is 0.497 e. The lowest BCUT2D eigenvalue weighted by Crippen LogP contribution is -2.32. The number of carbonyl (C=O) groups is 2. The zero-order valence-electron chi connectivity index (χ0n) is 18.0. The Bertz CT molecular complexity index is 1120. The maximum Gasteiger partial charge on any atom is 0.273 e. The highest BCUT2D eigenvalue weighted by Gasteiger charge is 2.34.